The Bertz CT molecular complexity index is 766. The largest absolute Gasteiger partial charge is 0.477 e. The Hall–Kier alpha value is -2.95. The molecule has 5 heteroatoms. The van der Waals surface area contributed by atoms with E-state index in [0.717, 1.165) is 17.0 Å². The average molecular weight is 279 g/mol. The highest BCUT2D eigenvalue weighted by Crippen LogP contribution is 2.18. The van der Waals surface area contributed by atoms with Crippen LogP contribution in [0, 0.1) is 0 Å². The number of carboxylic acid groups (broad SMARTS) is 1. The van der Waals surface area contributed by atoms with Gasteiger partial charge in [0.05, 0.1) is 0 Å². The lowest BCUT2D eigenvalue weighted by Crippen LogP contribution is -2.05. The smallest absolute Gasteiger partial charge is 0.354 e. The fourth-order valence-electron chi connectivity index (χ4n) is 2.17. The zero-order chi connectivity index (χ0) is 14.7. The average Bonchev–Trinajstić information content (AvgIpc) is 2.96. The number of aromatic nitrogens is 3. The van der Waals surface area contributed by atoms with E-state index < -0.39 is 5.97 Å². The molecule has 0 amide bonds. The molecule has 21 heavy (non-hydrogen) atoms. The molecule has 104 valence electrons. The summed E-state index contributed by atoms with van der Waals surface area (Å²) in [5, 5.41) is 8.99. The number of aromatic carboxylic acids is 1. The number of hydrogen-bond donors (Lipinski definition) is 1. The monoisotopic (exact) mass is 279 g/mol. The van der Waals surface area contributed by atoms with Gasteiger partial charge in [-0.05, 0) is 17.7 Å². The van der Waals surface area contributed by atoms with Crippen LogP contribution in [-0.2, 0) is 6.54 Å². The fourth-order valence-corrected chi connectivity index (χ4v) is 2.17. The van der Waals surface area contributed by atoms with E-state index in [0.29, 0.717) is 6.54 Å². The molecule has 2 aromatic heterocycles. The van der Waals surface area contributed by atoms with E-state index in [-0.39, 0.29) is 5.69 Å². The molecule has 0 spiro atoms. The molecule has 0 atom stereocenters. The quantitative estimate of drug-likeness (QED) is 0.797. The summed E-state index contributed by atoms with van der Waals surface area (Å²) in [6.45, 7) is 0.549. The molecule has 0 unspecified atom stereocenters. The molecule has 1 aromatic carbocycles. The number of nitrogens with zero attached hydrogens (tertiary/aromatic N) is 3. The molecule has 0 aliphatic rings. The topological polar surface area (TPSA) is 68.0 Å². The summed E-state index contributed by atoms with van der Waals surface area (Å²) in [6.07, 6.45) is 5.13. The summed E-state index contributed by atoms with van der Waals surface area (Å²) in [6, 6.07) is 13.3. The minimum atomic E-state index is -1.02. The van der Waals surface area contributed by atoms with Gasteiger partial charge in [-0.15, -0.1) is 0 Å². The van der Waals surface area contributed by atoms with Crippen LogP contribution in [0.5, 0.6) is 0 Å². The second-order valence-corrected chi connectivity index (χ2v) is 4.60. The van der Waals surface area contributed by atoms with Crippen molar-refractivity contribution in [2.75, 3.05) is 0 Å². The van der Waals surface area contributed by atoms with E-state index in [1.807, 2.05) is 41.1 Å². The summed E-state index contributed by atoms with van der Waals surface area (Å²) in [5.74, 6) is -0.171. The minimum Gasteiger partial charge on any atom is -0.477 e. The van der Waals surface area contributed by atoms with Crippen molar-refractivity contribution in [3.05, 3.63) is 72.3 Å². The molecule has 3 aromatic rings. The van der Waals surface area contributed by atoms with E-state index in [1.54, 1.807) is 18.3 Å². The van der Waals surface area contributed by atoms with Crippen LogP contribution in [0.25, 0.3) is 11.4 Å². The van der Waals surface area contributed by atoms with Crippen LogP contribution in [0.2, 0.25) is 0 Å². The molecule has 3 rings (SSSR count). The van der Waals surface area contributed by atoms with Gasteiger partial charge in [-0.3, -0.25) is 0 Å². The highest BCUT2D eigenvalue weighted by atomic mass is 16.4. The highest BCUT2D eigenvalue weighted by molar-refractivity contribution is 5.85. The molecule has 2 heterocycles. The Morgan fingerprint density at radius 3 is 2.67 bits per heavy atom. The van der Waals surface area contributed by atoms with Crippen LogP contribution in [0.1, 0.15) is 16.1 Å². The van der Waals surface area contributed by atoms with Crippen LogP contribution >= 0.6 is 0 Å². The molecule has 1 N–H and O–H groups in total. The molecule has 0 aliphatic heterocycles. The molecule has 0 saturated heterocycles. The van der Waals surface area contributed by atoms with Crippen molar-refractivity contribution in [2.24, 2.45) is 0 Å². The van der Waals surface area contributed by atoms with Crippen molar-refractivity contribution in [3.8, 4) is 11.4 Å². The Morgan fingerprint density at radius 2 is 1.90 bits per heavy atom. The predicted molar refractivity (Wildman–Crippen MR) is 78.0 cm³/mol. The standard InChI is InChI=1S/C16H13N3O2/c20-16(21)14-10-12(6-7-17-14)11-19-9-8-18-15(19)13-4-2-1-3-5-13/h1-10H,11H2,(H,20,21). The summed E-state index contributed by atoms with van der Waals surface area (Å²) >= 11 is 0. The summed E-state index contributed by atoms with van der Waals surface area (Å²) < 4.78 is 1.98. The van der Waals surface area contributed by atoms with Crippen molar-refractivity contribution in [1.29, 1.82) is 0 Å². The molecule has 0 radical (unpaired) electrons. The van der Waals surface area contributed by atoms with Crippen molar-refractivity contribution >= 4 is 5.97 Å². The van der Waals surface area contributed by atoms with Crippen LogP contribution in [0.4, 0.5) is 0 Å². The summed E-state index contributed by atoms with van der Waals surface area (Å²) in [5.41, 5.74) is 1.95. The molecule has 0 fully saturated rings. The van der Waals surface area contributed by atoms with Gasteiger partial charge in [-0.25, -0.2) is 14.8 Å². The molecule has 0 saturated carbocycles. The number of hydrogen-bond acceptors (Lipinski definition) is 3. The van der Waals surface area contributed by atoms with E-state index in [2.05, 4.69) is 9.97 Å². The van der Waals surface area contributed by atoms with Gasteiger partial charge in [-0.2, -0.15) is 0 Å². The van der Waals surface area contributed by atoms with Crippen LogP contribution in [0.3, 0.4) is 0 Å². The van der Waals surface area contributed by atoms with E-state index >= 15 is 0 Å². The highest BCUT2D eigenvalue weighted by Gasteiger charge is 2.08. The minimum absolute atomic E-state index is 0.0499. The Labute approximate surface area is 121 Å². The predicted octanol–water partition coefficient (Wildman–Crippen LogP) is 2.69. The zero-order valence-corrected chi connectivity index (χ0v) is 11.2. The van der Waals surface area contributed by atoms with Gasteiger partial charge in [0.1, 0.15) is 11.5 Å². The molecular weight excluding hydrogens is 266 g/mol. The normalized spacial score (nSPS) is 10.5. The lowest BCUT2D eigenvalue weighted by molar-refractivity contribution is 0.0690. The lowest BCUT2D eigenvalue weighted by Gasteiger charge is -2.08. The second-order valence-electron chi connectivity index (χ2n) is 4.60. The van der Waals surface area contributed by atoms with Gasteiger partial charge in [0.25, 0.3) is 0 Å². The molecule has 5 nitrogen and oxygen atoms in total. The maximum absolute atomic E-state index is 11.0. The van der Waals surface area contributed by atoms with Gasteiger partial charge in [-0.1, -0.05) is 30.3 Å². The number of imidazole rings is 1. The Morgan fingerprint density at radius 1 is 1.10 bits per heavy atom. The summed E-state index contributed by atoms with van der Waals surface area (Å²) in [4.78, 5) is 19.2. The first-order chi connectivity index (χ1) is 10.2. The van der Waals surface area contributed by atoms with Gasteiger partial charge in [0.15, 0.2) is 0 Å². The maximum atomic E-state index is 11.0. The van der Waals surface area contributed by atoms with Gasteiger partial charge >= 0.3 is 5.97 Å². The lowest BCUT2D eigenvalue weighted by atomic mass is 10.2. The number of carboxylic acids is 1. The van der Waals surface area contributed by atoms with Crippen LogP contribution in [0.15, 0.2) is 61.1 Å². The van der Waals surface area contributed by atoms with E-state index in [1.165, 1.54) is 6.20 Å². The number of benzene rings is 1. The second kappa shape index (κ2) is 5.58. The summed E-state index contributed by atoms with van der Waals surface area (Å²) in [7, 11) is 0. The maximum Gasteiger partial charge on any atom is 0.354 e. The Kier molecular flexibility index (Phi) is 3.47. The van der Waals surface area contributed by atoms with Crippen molar-refractivity contribution in [3.63, 3.8) is 0 Å². The third-order valence-corrected chi connectivity index (χ3v) is 3.14. The van der Waals surface area contributed by atoms with Gasteiger partial charge in [0.2, 0.25) is 0 Å². The van der Waals surface area contributed by atoms with Crippen molar-refractivity contribution in [1.82, 2.24) is 14.5 Å². The SMILES string of the molecule is O=C(O)c1cc(Cn2ccnc2-c2ccccc2)ccn1. The van der Waals surface area contributed by atoms with Crippen LogP contribution in [-0.4, -0.2) is 25.6 Å². The first-order valence-electron chi connectivity index (χ1n) is 6.49. The number of rotatable bonds is 4. The number of pyridine rings is 1. The van der Waals surface area contributed by atoms with Gasteiger partial charge < -0.3 is 9.67 Å². The third-order valence-electron chi connectivity index (χ3n) is 3.14. The molecule has 0 bridgehead atoms. The van der Waals surface area contributed by atoms with Crippen molar-refractivity contribution in [2.45, 2.75) is 6.54 Å². The zero-order valence-electron chi connectivity index (χ0n) is 11.2. The Balaban J connectivity index is 1.92. The van der Waals surface area contributed by atoms with E-state index in [9.17, 15) is 4.79 Å². The fraction of sp³-hybridized carbons (Fsp3) is 0.0625. The first-order valence-corrected chi connectivity index (χ1v) is 6.49. The van der Waals surface area contributed by atoms with Crippen LogP contribution < -0.4 is 0 Å². The first kappa shape index (κ1) is 13.1. The van der Waals surface area contributed by atoms with E-state index in [4.69, 9.17) is 5.11 Å². The van der Waals surface area contributed by atoms with Crippen molar-refractivity contribution < 1.29 is 9.90 Å². The third kappa shape index (κ3) is 2.81. The molecular formula is C16H13N3O2. The van der Waals surface area contributed by atoms with Gasteiger partial charge in [0, 0.05) is 30.7 Å². The number of carbonyl (C=O) groups is 1. The molecule has 0 aliphatic carbocycles.